The second kappa shape index (κ2) is 5.72. The van der Waals surface area contributed by atoms with Crippen molar-refractivity contribution in [1.29, 1.82) is 0 Å². The van der Waals surface area contributed by atoms with Gasteiger partial charge in [0.25, 0.3) is 0 Å². The predicted molar refractivity (Wildman–Crippen MR) is 62.3 cm³/mol. The lowest BCUT2D eigenvalue weighted by Crippen LogP contribution is -2.42. The summed E-state index contributed by atoms with van der Waals surface area (Å²) in [6.07, 6.45) is 5.15. The zero-order valence-electron chi connectivity index (χ0n) is 10.00. The maximum absolute atomic E-state index is 5.78. The molecule has 0 aromatic heterocycles. The molecule has 0 spiro atoms. The molecule has 1 rings (SSSR count). The van der Waals surface area contributed by atoms with Crippen LogP contribution in [0.3, 0.4) is 0 Å². The first-order valence-corrected chi connectivity index (χ1v) is 6.06. The Hall–Kier alpha value is -0.0800. The van der Waals surface area contributed by atoms with E-state index in [-0.39, 0.29) is 0 Å². The lowest BCUT2D eigenvalue weighted by molar-refractivity contribution is 0.167. The number of nitrogens with zero attached hydrogens (tertiary/aromatic N) is 1. The van der Waals surface area contributed by atoms with E-state index in [0.717, 1.165) is 11.8 Å². The Morgan fingerprint density at radius 2 is 2.07 bits per heavy atom. The first-order valence-electron chi connectivity index (χ1n) is 6.06. The highest BCUT2D eigenvalue weighted by Crippen LogP contribution is 2.26. The molecule has 1 saturated carbocycles. The molecule has 0 bridgehead atoms. The van der Waals surface area contributed by atoms with Crippen LogP contribution in [-0.4, -0.2) is 31.1 Å². The summed E-state index contributed by atoms with van der Waals surface area (Å²) in [5, 5.41) is 0. The van der Waals surface area contributed by atoms with E-state index < -0.39 is 0 Å². The van der Waals surface area contributed by atoms with Crippen LogP contribution in [0.2, 0.25) is 0 Å². The molecule has 2 N–H and O–H groups in total. The molecule has 0 heterocycles. The van der Waals surface area contributed by atoms with Crippen LogP contribution in [0.5, 0.6) is 0 Å². The van der Waals surface area contributed by atoms with E-state index in [9.17, 15) is 0 Å². The zero-order valence-corrected chi connectivity index (χ0v) is 10.00. The molecule has 1 atom stereocenters. The van der Waals surface area contributed by atoms with Gasteiger partial charge in [-0.25, -0.2) is 0 Å². The smallest absolute Gasteiger partial charge is 0.00450 e. The fourth-order valence-corrected chi connectivity index (χ4v) is 2.57. The topological polar surface area (TPSA) is 29.3 Å². The Bertz CT molecular complexity index is 146. The number of nitrogens with two attached hydrogens (primary N) is 1. The highest BCUT2D eigenvalue weighted by Gasteiger charge is 2.26. The standard InChI is InChI=1S/C12H26N2/c1-4-5-10(2)8-14(3)9-11-6-12(13)7-11/h10-12H,4-9,13H2,1-3H3. The van der Waals surface area contributed by atoms with Crippen LogP contribution in [0.15, 0.2) is 0 Å². The minimum Gasteiger partial charge on any atom is -0.328 e. The van der Waals surface area contributed by atoms with Crippen LogP contribution in [0.4, 0.5) is 0 Å². The summed E-state index contributed by atoms with van der Waals surface area (Å²) in [7, 11) is 2.25. The summed E-state index contributed by atoms with van der Waals surface area (Å²) in [4.78, 5) is 2.48. The van der Waals surface area contributed by atoms with Crippen LogP contribution < -0.4 is 5.73 Å². The van der Waals surface area contributed by atoms with Gasteiger partial charge in [0.15, 0.2) is 0 Å². The fourth-order valence-electron chi connectivity index (χ4n) is 2.57. The Kier molecular flexibility index (Phi) is 4.90. The molecule has 0 aromatic rings. The Morgan fingerprint density at radius 1 is 1.43 bits per heavy atom. The SMILES string of the molecule is CCCC(C)CN(C)CC1CC(N)C1. The molecule has 1 fully saturated rings. The van der Waals surface area contributed by atoms with Gasteiger partial charge >= 0.3 is 0 Å². The van der Waals surface area contributed by atoms with Crippen molar-refractivity contribution < 1.29 is 0 Å². The molecule has 0 saturated heterocycles. The normalized spacial score (nSPS) is 28.9. The van der Waals surface area contributed by atoms with Crippen molar-refractivity contribution in [3.05, 3.63) is 0 Å². The van der Waals surface area contributed by atoms with E-state index in [1.807, 2.05) is 0 Å². The molecule has 1 aliphatic carbocycles. The third-order valence-electron chi connectivity index (χ3n) is 3.25. The molecule has 2 nitrogen and oxygen atoms in total. The summed E-state index contributed by atoms with van der Waals surface area (Å²) in [5.41, 5.74) is 5.78. The van der Waals surface area contributed by atoms with Crippen molar-refractivity contribution >= 4 is 0 Å². The Labute approximate surface area is 88.8 Å². The van der Waals surface area contributed by atoms with Crippen molar-refractivity contribution in [2.45, 2.75) is 45.6 Å². The lowest BCUT2D eigenvalue weighted by atomic mass is 9.80. The van der Waals surface area contributed by atoms with E-state index >= 15 is 0 Å². The van der Waals surface area contributed by atoms with Gasteiger partial charge in [0.2, 0.25) is 0 Å². The highest BCUT2D eigenvalue weighted by molar-refractivity contribution is 4.83. The Balaban J connectivity index is 2.06. The van der Waals surface area contributed by atoms with Gasteiger partial charge in [0.05, 0.1) is 0 Å². The van der Waals surface area contributed by atoms with E-state index in [2.05, 4.69) is 25.8 Å². The zero-order chi connectivity index (χ0) is 10.6. The van der Waals surface area contributed by atoms with Crippen molar-refractivity contribution in [2.24, 2.45) is 17.6 Å². The third kappa shape index (κ3) is 3.97. The summed E-state index contributed by atoms with van der Waals surface area (Å²) >= 11 is 0. The second-order valence-electron chi connectivity index (χ2n) is 5.21. The van der Waals surface area contributed by atoms with E-state index in [1.165, 1.54) is 38.8 Å². The number of rotatable bonds is 6. The molecule has 84 valence electrons. The molecular formula is C12H26N2. The van der Waals surface area contributed by atoms with Crippen LogP contribution in [0.25, 0.3) is 0 Å². The molecule has 1 aliphatic rings. The number of hydrogen-bond acceptors (Lipinski definition) is 2. The predicted octanol–water partition coefficient (Wildman–Crippen LogP) is 2.09. The van der Waals surface area contributed by atoms with Crippen LogP contribution in [0, 0.1) is 11.8 Å². The number of hydrogen-bond donors (Lipinski definition) is 1. The van der Waals surface area contributed by atoms with Crippen LogP contribution in [0.1, 0.15) is 39.5 Å². The summed E-state index contributed by atoms with van der Waals surface area (Å²) in [5.74, 6) is 1.72. The summed E-state index contributed by atoms with van der Waals surface area (Å²) in [6.45, 7) is 7.12. The van der Waals surface area contributed by atoms with Crippen LogP contribution in [-0.2, 0) is 0 Å². The average molecular weight is 198 g/mol. The van der Waals surface area contributed by atoms with E-state index in [0.29, 0.717) is 6.04 Å². The molecule has 0 amide bonds. The van der Waals surface area contributed by atoms with Crippen molar-refractivity contribution in [3.63, 3.8) is 0 Å². The minimum absolute atomic E-state index is 0.501. The first-order chi connectivity index (χ1) is 6.61. The molecule has 0 radical (unpaired) electrons. The fraction of sp³-hybridized carbons (Fsp3) is 1.00. The molecule has 0 aromatic carbocycles. The van der Waals surface area contributed by atoms with E-state index in [4.69, 9.17) is 5.73 Å². The van der Waals surface area contributed by atoms with Crippen molar-refractivity contribution in [2.75, 3.05) is 20.1 Å². The molecule has 0 aliphatic heterocycles. The van der Waals surface area contributed by atoms with Gasteiger partial charge < -0.3 is 10.6 Å². The minimum atomic E-state index is 0.501. The maximum Gasteiger partial charge on any atom is 0.00450 e. The average Bonchev–Trinajstić information content (AvgIpc) is 2.01. The van der Waals surface area contributed by atoms with E-state index in [1.54, 1.807) is 0 Å². The quantitative estimate of drug-likeness (QED) is 0.708. The summed E-state index contributed by atoms with van der Waals surface area (Å²) in [6, 6.07) is 0.501. The highest BCUT2D eigenvalue weighted by atomic mass is 15.1. The van der Waals surface area contributed by atoms with Gasteiger partial charge in [-0.05, 0) is 38.1 Å². The van der Waals surface area contributed by atoms with Gasteiger partial charge in [0.1, 0.15) is 0 Å². The summed E-state index contributed by atoms with van der Waals surface area (Å²) < 4.78 is 0. The first kappa shape index (κ1) is 12.0. The lowest BCUT2D eigenvalue weighted by Gasteiger charge is -2.36. The monoisotopic (exact) mass is 198 g/mol. The maximum atomic E-state index is 5.78. The van der Waals surface area contributed by atoms with Gasteiger partial charge in [-0.1, -0.05) is 20.3 Å². The molecule has 14 heavy (non-hydrogen) atoms. The Morgan fingerprint density at radius 3 is 2.57 bits per heavy atom. The van der Waals surface area contributed by atoms with Crippen molar-refractivity contribution in [3.8, 4) is 0 Å². The second-order valence-corrected chi connectivity index (χ2v) is 5.21. The molecular weight excluding hydrogens is 172 g/mol. The third-order valence-corrected chi connectivity index (χ3v) is 3.25. The molecule has 1 unspecified atom stereocenters. The van der Waals surface area contributed by atoms with Gasteiger partial charge in [-0.15, -0.1) is 0 Å². The molecule has 2 heteroatoms. The van der Waals surface area contributed by atoms with Crippen molar-refractivity contribution in [1.82, 2.24) is 4.90 Å². The van der Waals surface area contributed by atoms with Gasteiger partial charge in [-0.3, -0.25) is 0 Å². The largest absolute Gasteiger partial charge is 0.328 e. The van der Waals surface area contributed by atoms with Crippen LogP contribution >= 0.6 is 0 Å². The van der Waals surface area contributed by atoms with Gasteiger partial charge in [-0.2, -0.15) is 0 Å². The van der Waals surface area contributed by atoms with Gasteiger partial charge in [0, 0.05) is 19.1 Å².